The van der Waals surface area contributed by atoms with Crippen molar-refractivity contribution in [1.82, 2.24) is 0 Å². The minimum Gasteiger partial charge on any atom is -0.481 e. The average molecular weight is 403 g/mol. The van der Waals surface area contributed by atoms with Crippen molar-refractivity contribution in [2.45, 2.75) is 82.8 Å². The van der Waals surface area contributed by atoms with Gasteiger partial charge in [0, 0.05) is 24.7 Å². The standard InChI is InChI=1S/C24H34O5/c1-21-6-3-12(25)11-24(21,29)16-9-13(16)19-15(21)4-7-22(2)20(19)14-10-17(14)23(22,28)8-5-18(26)27/h13-17,19-20,28-29H,3-11H2,1-2H3,(H,26,27)/t13?,14?,15?,16?,17?,19?,20?,21-,22+,23+,24-/m1/s1. The molecule has 6 saturated carbocycles. The molecule has 160 valence electrons. The highest BCUT2D eigenvalue weighted by Crippen LogP contribution is 2.81. The van der Waals surface area contributed by atoms with Crippen molar-refractivity contribution >= 4 is 11.8 Å². The maximum atomic E-state index is 12.3. The molecule has 11 atom stereocenters. The van der Waals surface area contributed by atoms with Gasteiger partial charge in [-0.2, -0.15) is 0 Å². The number of fused-ring (bicyclic) bond motifs is 10. The van der Waals surface area contributed by atoms with Crippen LogP contribution in [-0.2, 0) is 9.59 Å². The van der Waals surface area contributed by atoms with Crippen LogP contribution in [0.15, 0.2) is 0 Å². The first-order valence-corrected chi connectivity index (χ1v) is 11.7. The van der Waals surface area contributed by atoms with Crippen LogP contribution in [-0.4, -0.2) is 38.3 Å². The molecule has 0 amide bonds. The fourth-order valence-corrected chi connectivity index (χ4v) is 9.87. The van der Waals surface area contributed by atoms with Crippen molar-refractivity contribution in [3.8, 4) is 0 Å². The van der Waals surface area contributed by atoms with E-state index in [4.69, 9.17) is 0 Å². The van der Waals surface area contributed by atoms with Crippen molar-refractivity contribution in [1.29, 1.82) is 0 Å². The minimum absolute atomic E-state index is 0.0434. The molecule has 5 heteroatoms. The van der Waals surface area contributed by atoms with E-state index < -0.39 is 17.2 Å². The van der Waals surface area contributed by atoms with Gasteiger partial charge in [-0.25, -0.2) is 0 Å². The second-order valence-corrected chi connectivity index (χ2v) is 12.1. The molecule has 5 nitrogen and oxygen atoms in total. The van der Waals surface area contributed by atoms with Crippen molar-refractivity contribution in [2.24, 2.45) is 52.3 Å². The predicted molar refractivity (Wildman–Crippen MR) is 105 cm³/mol. The molecular weight excluding hydrogens is 368 g/mol. The maximum absolute atomic E-state index is 12.3. The number of ketones is 1. The van der Waals surface area contributed by atoms with Gasteiger partial charge in [-0.15, -0.1) is 0 Å². The molecule has 0 saturated heterocycles. The van der Waals surface area contributed by atoms with Gasteiger partial charge in [-0.3, -0.25) is 9.59 Å². The third-order valence-corrected chi connectivity index (χ3v) is 11.4. The van der Waals surface area contributed by atoms with Crippen LogP contribution in [0.1, 0.15) is 71.6 Å². The number of rotatable bonds is 3. The number of carbonyl (C=O) groups excluding carboxylic acids is 1. The molecule has 0 aromatic rings. The van der Waals surface area contributed by atoms with Crippen LogP contribution in [0.3, 0.4) is 0 Å². The Morgan fingerprint density at radius 2 is 1.76 bits per heavy atom. The topological polar surface area (TPSA) is 94.8 Å². The number of carboxylic acid groups (broad SMARTS) is 1. The first kappa shape index (κ1) is 18.8. The summed E-state index contributed by atoms with van der Waals surface area (Å²) in [6, 6.07) is 0. The molecule has 6 aliphatic carbocycles. The lowest BCUT2D eigenvalue weighted by atomic mass is 9.42. The zero-order valence-corrected chi connectivity index (χ0v) is 17.6. The SMILES string of the molecule is C[C@]12CCC3C(C4CC4[C@]4(O)CC(=O)CC[C@]34C)C1C1CC1[C@@]2(O)CCC(=O)O. The van der Waals surface area contributed by atoms with Crippen LogP contribution in [0.2, 0.25) is 0 Å². The van der Waals surface area contributed by atoms with Gasteiger partial charge in [0.15, 0.2) is 0 Å². The van der Waals surface area contributed by atoms with E-state index in [2.05, 4.69) is 13.8 Å². The quantitative estimate of drug-likeness (QED) is 0.675. The molecule has 0 aromatic heterocycles. The summed E-state index contributed by atoms with van der Waals surface area (Å²) in [6.07, 6.45) is 6.11. The Bertz CT molecular complexity index is 809. The molecule has 6 rings (SSSR count). The highest BCUT2D eigenvalue weighted by Gasteiger charge is 2.81. The number of hydrogen-bond donors (Lipinski definition) is 3. The Balaban J connectivity index is 1.38. The second kappa shape index (κ2) is 5.27. The van der Waals surface area contributed by atoms with Crippen LogP contribution >= 0.6 is 0 Å². The minimum atomic E-state index is -0.854. The molecule has 7 unspecified atom stereocenters. The van der Waals surface area contributed by atoms with Crippen LogP contribution in [0.5, 0.6) is 0 Å². The highest BCUT2D eigenvalue weighted by molar-refractivity contribution is 5.81. The predicted octanol–water partition coefficient (Wildman–Crippen LogP) is 3.02. The Labute approximate surface area is 172 Å². The summed E-state index contributed by atoms with van der Waals surface area (Å²) in [4.78, 5) is 23.5. The molecule has 0 bridgehead atoms. The number of aliphatic carboxylic acids is 1. The van der Waals surface area contributed by atoms with Gasteiger partial charge in [-0.1, -0.05) is 13.8 Å². The highest BCUT2D eigenvalue weighted by atomic mass is 16.4. The van der Waals surface area contributed by atoms with E-state index >= 15 is 0 Å². The molecule has 0 spiro atoms. The Morgan fingerprint density at radius 1 is 1.03 bits per heavy atom. The summed E-state index contributed by atoms with van der Waals surface area (Å²) < 4.78 is 0. The fourth-order valence-electron chi connectivity index (χ4n) is 9.87. The largest absolute Gasteiger partial charge is 0.481 e. The van der Waals surface area contributed by atoms with E-state index in [1.807, 2.05) is 0 Å². The molecule has 6 aliphatic rings. The molecule has 0 aliphatic heterocycles. The van der Waals surface area contributed by atoms with Crippen molar-refractivity contribution in [3.05, 3.63) is 0 Å². The first-order chi connectivity index (χ1) is 13.6. The molecule has 3 N–H and O–H groups in total. The molecule has 0 aromatic carbocycles. The first-order valence-electron chi connectivity index (χ1n) is 11.7. The van der Waals surface area contributed by atoms with Gasteiger partial charge in [0.25, 0.3) is 0 Å². The summed E-state index contributed by atoms with van der Waals surface area (Å²) in [5.41, 5.74) is -2.09. The van der Waals surface area contributed by atoms with Crippen molar-refractivity contribution < 1.29 is 24.9 Å². The third-order valence-electron chi connectivity index (χ3n) is 11.4. The lowest BCUT2D eigenvalue weighted by Gasteiger charge is -2.64. The monoisotopic (exact) mass is 402 g/mol. The summed E-state index contributed by atoms with van der Waals surface area (Å²) in [6.45, 7) is 4.50. The fraction of sp³-hybridized carbons (Fsp3) is 0.917. The van der Waals surface area contributed by atoms with E-state index in [0.717, 1.165) is 32.1 Å². The summed E-state index contributed by atoms with van der Waals surface area (Å²) >= 11 is 0. The van der Waals surface area contributed by atoms with Gasteiger partial charge in [0.1, 0.15) is 5.78 Å². The number of Topliss-reactive ketones (excluding diaryl/α,β-unsaturated/α-hetero) is 1. The summed E-state index contributed by atoms with van der Waals surface area (Å²) in [5.74, 6) is 2.29. The van der Waals surface area contributed by atoms with E-state index in [-0.39, 0.29) is 34.9 Å². The number of carbonyl (C=O) groups is 2. The van der Waals surface area contributed by atoms with E-state index in [1.54, 1.807) is 0 Å². The Kier molecular flexibility index (Phi) is 3.42. The molecule has 29 heavy (non-hydrogen) atoms. The molecule has 0 radical (unpaired) electrons. The lowest BCUT2D eigenvalue weighted by Crippen LogP contribution is -2.65. The van der Waals surface area contributed by atoms with E-state index in [0.29, 0.717) is 48.9 Å². The number of hydrogen-bond acceptors (Lipinski definition) is 4. The van der Waals surface area contributed by atoms with Gasteiger partial charge in [0.2, 0.25) is 0 Å². The van der Waals surface area contributed by atoms with Gasteiger partial charge < -0.3 is 15.3 Å². The molecule has 6 fully saturated rings. The number of carboxylic acids is 1. The Morgan fingerprint density at radius 3 is 2.48 bits per heavy atom. The van der Waals surface area contributed by atoms with E-state index in [9.17, 15) is 24.9 Å². The van der Waals surface area contributed by atoms with Crippen LogP contribution < -0.4 is 0 Å². The summed E-state index contributed by atoms with van der Waals surface area (Å²) in [7, 11) is 0. The average Bonchev–Trinajstić information content (AvgIpc) is 3.54. The van der Waals surface area contributed by atoms with E-state index in [1.165, 1.54) is 0 Å². The zero-order valence-electron chi connectivity index (χ0n) is 17.6. The maximum Gasteiger partial charge on any atom is 0.303 e. The Hall–Kier alpha value is -0.940. The van der Waals surface area contributed by atoms with Crippen molar-refractivity contribution in [2.75, 3.05) is 0 Å². The smallest absolute Gasteiger partial charge is 0.303 e. The van der Waals surface area contributed by atoms with Crippen LogP contribution in [0, 0.1) is 52.3 Å². The molecular formula is C24H34O5. The summed E-state index contributed by atoms with van der Waals surface area (Å²) in [5, 5.41) is 32.8. The van der Waals surface area contributed by atoms with Gasteiger partial charge in [-0.05, 0) is 85.4 Å². The van der Waals surface area contributed by atoms with Crippen LogP contribution in [0.4, 0.5) is 0 Å². The van der Waals surface area contributed by atoms with Gasteiger partial charge >= 0.3 is 5.97 Å². The van der Waals surface area contributed by atoms with Crippen molar-refractivity contribution in [3.63, 3.8) is 0 Å². The molecule has 0 heterocycles. The third kappa shape index (κ3) is 2.01. The van der Waals surface area contributed by atoms with Crippen LogP contribution in [0.25, 0.3) is 0 Å². The lowest BCUT2D eigenvalue weighted by molar-refractivity contribution is -0.223. The van der Waals surface area contributed by atoms with Gasteiger partial charge in [0.05, 0.1) is 11.2 Å². The normalized spacial score (nSPS) is 61.7. The second-order valence-electron chi connectivity index (χ2n) is 12.1. The zero-order chi connectivity index (χ0) is 20.6. The number of aliphatic hydroxyl groups is 2.